The van der Waals surface area contributed by atoms with Crippen LogP contribution in [0.5, 0.6) is 5.75 Å². The van der Waals surface area contributed by atoms with Crippen LogP contribution in [0.4, 0.5) is 5.82 Å². The smallest absolute Gasteiger partial charge is 0.381 e. The fourth-order valence-corrected chi connectivity index (χ4v) is 1.88. The second-order valence-electron chi connectivity index (χ2n) is 4.04. The number of rotatable bonds is 4. The van der Waals surface area contributed by atoms with Crippen LogP contribution < -0.4 is 4.74 Å². The van der Waals surface area contributed by atoms with Gasteiger partial charge in [0.15, 0.2) is 0 Å². The van der Waals surface area contributed by atoms with Gasteiger partial charge in [0.2, 0.25) is 6.33 Å². The summed E-state index contributed by atoms with van der Waals surface area (Å²) in [4.78, 5) is 24.8. The van der Waals surface area contributed by atoms with E-state index in [0.29, 0.717) is 11.3 Å². The molecule has 0 amide bonds. The summed E-state index contributed by atoms with van der Waals surface area (Å²) in [5, 5.41) is 19.8. The van der Waals surface area contributed by atoms with Crippen molar-refractivity contribution in [3.63, 3.8) is 0 Å². The van der Waals surface area contributed by atoms with Gasteiger partial charge in [-0.15, -0.1) is 0 Å². The van der Waals surface area contributed by atoms with Crippen molar-refractivity contribution in [2.75, 3.05) is 7.11 Å². The van der Waals surface area contributed by atoms with E-state index < -0.39 is 10.9 Å². The number of ether oxygens (including phenoxy) is 1. The lowest BCUT2D eigenvalue weighted by atomic mass is 10.1. The average molecular weight is 277 g/mol. The molecule has 0 unspecified atom stereocenters. The maximum Gasteiger partial charge on any atom is 0.381 e. The van der Waals surface area contributed by atoms with Crippen molar-refractivity contribution in [2.45, 2.75) is 6.92 Å². The van der Waals surface area contributed by atoms with E-state index in [1.165, 1.54) is 30.3 Å². The van der Waals surface area contributed by atoms with Gasteiger partial charge in [0.05, 0.1) is 12.8 Å². The number of hydrogen-bond acceptors (Lipinski definition) is 5. The first-order valence-electron chi connectivity index (χ1n) is 5.54. The molecule has 0 atom stereocenters. The van der Waals surface area contributed by atoms with Gasteiger partial charge in [-0.3, -0.25) is 4.57 Å². The Hall–Kier alpha value is -2.90. The Morgan fingerprint density at radius 1 is 1.50 bits per heavy atom. The van der Waals surface area contributed by atoms with Gasteiger partial charge >= 0.3 is 11.8 Å². The summed E-state index contributed by atoms with van der Waals surface area (Å²) < 4.78 is 6.44. The summed E-state index contributed by atoms with van der Waals surface area (Å²) in [5.41, 5.74) is 1.05. The largest absolute Gasteiger partial charge is 0.496 e. The van der Waals surface area contributed by atoms with E-state index in [2.05, 4.69) is 4.98 Å². The lowest BCUT2D eigenvalue weighted by Gasteiger charge is -2.11. The van der Waals surface area contributed by atoms with Gasteiger partial charge in [-0.25, -0.2) is 4.79 Å². The lowest BCUT2D eigenvalue weighted by Crippen LogP contribution is -2.04. The third-order valence-corrected chi connectivity index (χ3v) is 2.75. The van der Waals surface area contributed by atoms with Crippen molar-refractivity contribution in [1.29, 1.82) is 0 Å². The minimum Gasteiger partial charge on any atom is -0.496 e. The molecule has 0 radical (unpaired) electrons. The van der Waals surface area contributed by atoms with Gasteiger partial charge in [0.25, 0.3) is 0 Å². The van der Waals surface area contributed by atoms with E-state index in [0.717, 1.165) is 0 Å². The van der Waals surface area contributed by atoms with Crippen LogP contribution in [0.25, 0.3) is 5.69 Å². The van der Waals surface area contributed by atoms with Crippen LogP contribution >= 0.6 is 0 Å². The Kier molecular flexibility index (Phi) is 3.38. The Balaban J connectivity index is 2.57. The predicted octanol–water partition coefficient (Wildman–Crippen LogP) is 1.80. The molecule has 1 N–H and O–H groups in total. The summed E-state index contributed by atoms with van der Waals surface area (Å²) >= 11 is 0. The van der Waals surface area contributed by atoms with Crippen LogP contribution in [0.1, 0.15) is 15.9 Å². The van der Waals surface area contributed by atoms with Gasteiger partial charge in [0, 0.05) is 0 Å². The molecule has 8 heteroatoms. The fourth-order valence-electron chi connectivity index (χ4n) is 1.88. The van der Waals surface area contributed by atoms with Crippen LogP contribution in [0, 0.1) is 17.0 Å². The number of nitro groups is 1. The molecule has 0 bridgehead atoms. The third kappa shape index (κ3) is 2.30. The summed E-state index contributed by atoms with van der Waals surface area (Å²) in [6.07, 6.45) is 2.47. The number of aromatic nitrogens is 2. The standard InChI is InChI=1S/C12H11N3O5/c1-7-3-8(4-9(12(16)17)11(7)20-2)14-5-10(13-6-14)15(18)19/h3-6H,1-2H3,(H,16,17). The topological polar surface area (TPSA) is 107 Å². The molecule has 0 aliphatic heterocycles. The normalized spacial score (nSPS) is 10.3. The molecule has 0 saturated heterocycles. The van der Waals surface area contributed by atoms with E-state index >= 15 is 0 Å². The molecule has 2 rings (SSSR count). The molecular formula is C12H11N3O5. The van der Waals surface area contributed by atoms with Crippen LogP contribution in [0.2, 0.25) is 0 Å². The van der Waals surface area contributed by atoms with Crippen molar-refractivity contribution in [3.05, 3.63) is 45.9 Å². The van der Waals surface area contributed by atoms with Crippen molar-refractivity contribution in [1.82, 2.24) is 9.55 Å². The van der Waals surface area contributed by atoms with Crippen molar-refractivity contribution >= 4 is 11.8 Å². The fraction of sp³-hybridized carbons (Fsp3) is 0.167. The number of methoxy groups -OCH3 is 1. The van der Waals surface area contributed by atoms with Crippen LogP contribution in [-0.4, -0.2) is 32.7 Å². The highest BCUT2D eigenvalue weighted by molar-refractivity contribution is 5.92. The SMILES string of the molecule is COc1c(C)cc(-n2cnc([N+](=O)[O-])c2)cc1C(=O)O. The van der Waals surface area contributed by atoms with E-state index in [9.17, 15) is 20.0 Å². The lowest BCUT2D eigenvalue weighted by molar-refractivity contribution is -0.389. The molecule has 1 aromatic heterocycles. The van der Waals surface area contributed by atoms with Crippen LogP contribution in [0.15, 0.2) is 24.7 Å². The number of carboxylic acid groups (broad SMARTS) is 1. The highest BCUT2D eigenvalue weighted by Crippen LogP contribution is 2.27. The van der Waals surface area contributed by atoms with Crippen LogP contribution in [0.3, 0.4) is 0 Å². The van der Waals surface area contributed by atoms with E-state index in [-0.39, 0.29) is 17.1 Å². The van der Waals surface area contributed by atoms with Crippen molar-refractivity contribution in [2.24, 2.45) is 0 Å². The molecule has 0 fully saturated rings. The molecule has 0 spiro atoms. The Morgan fingerprint density at radius 2 is 2.20 bits per heavy atom. The van der Waals surface area contributed by atoms with Gasteiger partial charge < -0.3 is 20.0 Å². The summed E-state index contributed by atoms with van der Waals surface area (Å²) in [6.45, 7) is 1.69. The van der Waals surface area contributed by atoms with Gasteiger partial charge in [-0.1, -0.05) is 0 Å². The second-order valence-corrected chi connectivity index (χ2v) is 4.04. The van der Waals surface area contributed by atoms with E-state index in [4.69, 9.17) is 4.74 Å². The predicted molar refractivity (Wildman–Crippen MR) is 68.5 cm³/mol. The quantitative estimate of drug-likeness (QED) is 0.674. The highest BCUT2D eigenvalue weighted by atomic mass is 16.6. The maximum absolute atomic E-state index is 11.2. The van der Waals surface area contributed by atoms with E-state index in [1.54, 1.807) is 13.0 Å². The molecule has 2 aromatic rings. The molecule has 1 aromatic carbocycles. The Morgan fingerprint density at radius 3 is 2.70 bits per heavy atom. The zero-order valence-corrected chi connectivity index (χ0v) is 10.7. The maximum atomic E-state index is 11.2. The Labute approximate surface area is 113 Å². The second kappa shape index (κ2) is 5.00. The molecular weight excluding hydrogens is 266 g/mol. The minimum absolute atomic E-state index is 0.0150. The molecule has 8 nitrogen and oxygen atoms in total. The number of carboxylic acids is 1. The molecule has 0 aliphatic rings. The first kappa shape index (κ1) is 13.5. The summed E-state index contributed by atoms with van der Waals surface area (Å²) in [6, 6.07) is 3.04. The molecule has 0 aliphatic carbocycles. The third-order valence-electron chi connectivity index (χ3n) is 2.75. The number of nitrogens with zero attached hydrogens (tertiary/aromatic N) is 3. The van der Waals surface area contributed by atoms with Gasteiger partial charge in [0.1, 0.15) is 17.5 Å². The number of imidazole rings is 1. The zero-order valence-electron chi connectivity index (χ0n) is 10.7. The number of aryl methyl sites for hydroxylation is 1. The molecule has 0 saturated carbocycles. The number of carbonyl (C=O) groups is 1. The Bertz CT molecular complexity index is 692. The number of benzene rings is 1. The monoisotopic (exact) mass is 277 g/mol. The van der Waals surface area contributed by atoms with Gasteiger partial charge in [-0.2, -0.15) is 0 Å². The zero-order chi connectivity index (χ0) is 14.9. The molecule has 104 valence electrons. The first-order valence-corrected chi connectivity index (χ1v) is 5.54. The highest BCUT2D eigenvalue weighted by Gasteiger charge is 2.17. The van der Waals surface area contributed by atoms with Gasteiger partial charge in [-0.05, 0) is 34.5 Å². The average Bonchev–Trinajstić information content (AvgIpc) is 2.87. The van der Waals surface area contributed by atoms with Crippen molar-refractivity contribution in [3.8, 4) is 11.4 Å². The van der Waals surface area contributed by atoms with Crippen LogP contribution in [-0.2, 0) is 0 Å². The minimum atomic E-state index is -1.14. The number of aromatic carboxylic acids is 1. The van der Waals surface area contributed by atoms with E-state index in [1.807, 2.05) is 0 Å². The van der Waals surface area contributed by atoms with Crippen molar-refractivity contribution < 1.29 is 19.6 Å². The first-order chi connectivity index (χ1) is 9.43. The number of hydrogen-bond donors (Lipinski definition) is 1. The molecule has 20 heavy (non-hydrogen) atoms. The summed E-state index contributed by atoms with van der Waals surface area (Å²) in [7, 11) is 1.39. The molecule has 1 heterocycles. The summed E-state index contributed by atoms with van der Waals surface area (Å²) in [5.74, 6) is -1.19.